The van der Waals surface area contributed by atoms with E-state index in [4.69, 9.17) is 0 Å². The van der Waals surface area contributed by atoms with Crippen molar-refractivity contribution in [2.24, 2.45) is 0 Å². The third kappa shape index (κ3) is 3.59. The molecule has 112 valence electrons. The van der Waals surface area contributed by atoms with E-state index in [9.17, 15) is 9.59 Å². The lowest BCUT2D eigenvalue weighted by Crippen LogP contribution is -2.35. The van der Waals surface area contributed by atoms with Crippen LogP contribution in [0.1, 0.15) is 18.2 Å². The molecule has 0 aromatic carbocycles. The maximum absolute atomic E-state index is 11.6. The van der Waals surface area contributed by atoms with Gasteiger partial charge in [-0.05, 0) is 25.0 Å². The van der Waals surface area contributed by atoms with E-state index in [-0.39, 0.29) is 12.5 Å². The van der Waals surface area contributed by atoms with E-state index >= 15 is 0 Å². The number of pyridine rings is 1. The standard InChI is InChI=1S/C15H20N4O2/c1-3-13-12(14-6-4-5-9-19(14)17-13)7-8-16-15(21)10-18(2)11-20/h4-6,9,11H,3,7-8,10H2,1-2H3,(H,16,21). The third-order valence-electron chi connectivity index (χ3n) is 3.33. The maximum Gasteiger partial charge on any atom is 0.239 e. The van der Waals surface area contributed by atoms with Crippen molar-refractivity contribution in [1.29, 1.82) is 0 Å². The highest BCUT2D eigenvalue weighted by molar-refractivity contribution is 5.79. The number of likely N-dealkylation sites (N-methyl/N-ethyl adjacent to an activating group) is 1. The summed E-state index contributed by atoms with van der Waals surface area (Å²) in [7, 11) is 1.58. The summed E-state index contributed by atoms with van der Waals surface area (Å²) in [5, 5.41) is 7.37. The molecule has 0 unspecified atom stereocenters. The molecule has 0 saturated carbocycles. The average Bonchev–Trinajstić information content (AvgIpc) is 2.85. The summed E-state index contributed by atoms with van der Waals surface area (Å²) in [4.78, 5) is 23.4. The number of aryl methyl sites for hydroxylation is 1. The molecule has 21 heavy (non-hydrogen) atoms. The van der Waals surface area contributed by atoms with Crippen molar-refractivity contribution in [2.45, 2.75) is 19.8 Å². The molecular weight excluding hydrogens is 268 g/mol. The minimum Gasteiger partial charge on any atom is -0.354 e. The Hall–Kier alpha value is -2.37. The second-order valence-corrected chi connectivity index (χ2v) is 4.93. The van der Waals surface area contributed by atoms with Gasteiger partial charge in [0, 0.05) is 25.4 Å². The van der Waals surface area contributed by atoms with Gasteiger partial charge in [-0.1, -0.05) is 13.0 Å². The number of hydrogen-bond donors (Lipinski definition) is 1. The van der Waals surface area contributed by atoms with Gasteiger partial charge in [0.1, 0.15) is 0 Å². The summed E-state index contributed by atoms with van der Waals surface area (Å²) in [6.07, 6.45) is 4.15. The predicted molar refractivity (Wildman–Crippen MR) is 80.0 cm³/mol. The summed E-state index contributed by atoms with van der Waals surface area (Å²) in [5.74, 6) is -0.154. The summed E-state index contributed by atoms with van der Waals surface area (Å²) >= 11 is 0. The number of nitrogens with one attached hydrogen (secondary N) is 1. The predicted octanol–water partition coefficient (Wildman–Crippen LogP) is 0.644. The zero-order valence-electron chi connectivity index (χ0n) is 12.4. The van der Waals surface area contributed by atoms with Gasteiger partial charge in [0.05, 0.1) is 17.8 Å². The third-order valence-corrected chi connectivity index (χ3v) is 3.33. The van der Waals surface area contributed by atoms with Gasteiger partial charge < -0.3 is 10.2 Å². The van der Waals surface area contributed by atoms with Crippen molar-refractivity contribution in [2.75, 3.05) is 20.1 Å². The summed E-state index contributed by atoms with van der Waals surface area (Å²) in [5.41, 5.74) is 3.30. The van der Waals surface area contributed by atoms with Crippen molar-refractivity contribution in [3.05, 3.63) is 35.7 Å². The van der Waals surface area contributed by atoms with E-state index in [1.807, 2.05) is 28.9 Å². The van der Waals surface area contributed by atoms with E-state index in [0.29, 0.717) is 13.0 Å². The Morgan fingerprint density at radius 1 is 1.48 bits per heavy atom. The second-order valence-electron chi connectivity index (χ2n) is 4.93. The number of nitrogens with zero attached hydrogens (tertiary/aromatic N) is 3. The SMILES string of the molecule is CCc1nn2ccccc2c1CCNC(=O)CN(C)C=O. The van der Waals surface area contributed by atoms with Gasteiger partial charge in [0.15, 0.2) is 0 Å². The topological polar surface area (TPSA) is 66.7 Å². The quantitative estimate of drug-likeness (QED) is 0.760. The van der Waals surface area contributed by atoms with Gasteiger partial charge in [-0.25, -0.2) is 4.52 Å². The Kier molecular flexibility index (Phi) is 4.92. The van der Waals surface area contributed by atoms with Gasteiger partial charge in [-0.15, -0.1) is 0 Å². The fraction of sp³-hybridized carbons (Fsp3) is 0.400. The van der Waals surface area contributed by atoms with Gasteiger partial charge in [0.25, 0.3) is 0 Å². The monoisotopic (exact) mass is 288 g/mol. The molecule has 2 rings (SSSR count). The van der Waals surface area contributed by atoms with Crippen LogP contribution in [0.25, 0.3) is 5.52 Å². The van der Waals surface area contributed by atoms with Gasteiger partial charge in [-0.3, -0.25) is 9.59 Å². The number of aromatic nitrogens is 2. The Bertz CT molecular complexity index is 636. The first-order chi connectivity index (χ1) is 10.2. The van der Waals surface area contributed by atoms with Crippen LogP contribution in [0.15, 0.2) is 24.4 Å². The zero-order valence-corrected chi connectivity index (χ0v) is 12.4. The first kappa shape index (κ1) is 15.0. The fourth-order valence-electron chi connectivity index (χ4n) is 2.30. The zero-order chi connectivity index (χ0) is 15.2. The molecule has 0 aliphatic heterocycles. The van der Waals surface area contributed by atoms with Crippen LogP contribution in [0.4, 0.5) is 0 Å². The molecule has 2 amide bonds. The van der Waals surface area contributed by atoms with Crippen LogP contribution in [-0.2, 0) is 22.4 Å². The molecule has 1 N–H and O–H groups in total. The van der Waals surface area contributed by atoms with Crippen LogP contribution in [0.5, 0.6) is 0 Å². The lowest BCUT2D eigenvalue weighted by Gasteiger charge is -2.10. The molecule has 0 atom stereocenters. The number of fused-ring (bicyclic) bond motifs is 1. The van der Waals surface area contributed by atoms with Crippen LogP contribution < -0.4 is 5.32 Å². The minimum absolute atomic E-state index is 0.0822. The number of hydrogen-bond acceptors (Lipinski definition) is 3. The van der Waals surface area contributed by atoms with E-state index < -0.39 is 0 Å². The van der Waals surface area contributed by atoms with Crippen molar-refractivity contribution < 1.29 is 9.59 Å². The van der Waals surface area contributed by atoms with Gasteiger partial charge >= 0.3 is 0 Å². The molecular formula is C15H20N4O2. The van der Waals surface area contributed by atoms with Crippen molar-refractivity contribution in [3.63, 3.8) is 0 Å². The van der Waals surface area contributed by atoms with E-state index in [2.05, 4.69) is 17.3 Å². The first-order valence-corrected chi connectivity index (χ1v) is 7.03. The molecule has 0 saturated heterocycles. The molecule has 0 bridgehead atoms. The smallest absolute Gasteiger partial charge is 0.239 e. The Balaban J connectivity index is 2.00. The summed E-state index contributed by atoms with van der Waals surface area (Å²) in [6.45, 7) is 2.69. The minimum atomic E-state index is -0.154. The molecule has 2 aromatic rings. The Morgan fingerprint density at radius 3 is 3.00 bits per heavy atom. The largest absolute Gasteiger partial charge is 0.354 e. The van der Waals surface area contributed by atoms with Crippen LogP contribution in [-0.4, -0.2) is 47.0 Å². The molecule has 0 aliphatic rings. The van der Waals surface area contributed by atoms with Crippen LogP contribution in [0.2, 0.25) is 0 Å². The molecule has 6 nitrogen and oxygen atoms in total. The number of carbonyl (C=O) groups is 2. The molecule has 0 radical (unpaired) electrons. The normalized spacial score (nSPS) is 10.6. The summed E-state index contributed by atoms with van der Waals surface area (Å²) in [6, 6.07) is 5.96. The highest BCUT2D eigenvalue weighted by Crippen LogP contribution is 2.16. The first-order valence-electron chi connectivity index (χ1n) is 7.03. The fourth-order valence-corrected chi connectivity index (χ4v) is 2.30. The van der Waals surface area contributed by atoms with Gasteiger partial charge in [-0.2, -0.15) is 5.10 Å². The highest BCUT2D eigenvalue weighted by Gasteiger charge is 2.11. The molecule has 6 heteroatoms. The number of amides is 2. The molecule has 0 aliphatic carbocycles. The van der Waals surface area contributed by atoms with Crippen LogP contribution in [0, 0.1) is 0 Å². The number of carbonyl (C=O) groups excluding carboxylic acids is 2. The molecule has 2 heterocycles. The van der Waals surface area contributed by atoms with Crippen LogP contribution in [0.3, 0.4) is 0 Å². The van der Waals surface area contributed by atoms with Crippen molar-refractivity contribution in [1.82, 2.24) is 19.8 Å². The van der Waals surface area contributed by atoms with Crippen molar-refractivity contribution >= 4 is 17.8 Å². The Labute approximate surface area is 123 Å². The van der Waals surface area contributed by atoms with Crippen molar-refractivity contribution in [3.8, 4) is 0 Å². The van der Waals surface area contributed by atoms with E-state index in [1.54, 1.807) is 7.05 Å². The van der Waals surface area contributed by atoms with E-state index in [1.165, 1.54) is 10.5 Å². The molecule has 2 aromatic heterocycles. The number of rotatable bonds is 7. The lowest BCUT2D eigenvalue weighted by molar-refractivity contribution is -0.127. The van der Waals surface area contributed by atoms with Gasteiger partial charge in [0.2, 0.25) is 12.3 Å². The lowest BCUT2D eigenvalue weighted by atomic mass is 10.1. The van der Waals surface area contributed by atoms with E-state index in [0.717, 1.165) is 24.1 Å². The summed E-state index contributed by atoms with van der Waals surface area (Å²) < 4.78 is 1.87. The molecule has 0 spiro atoms. The van der Waals surface area contributed by atoms with Crippen LogP contribution >= 0.6 is 0 Å². The highest BCUT2D eigenvalue weighted by atomic mass is 16.2. The Morgan fingerprint density at radius 2 is 2.29 bits per heavy atom. The average molecular weight is 288 g/mol. The molecule has 0 fully saturated rings. The maximum atomic E-state index is 11.6. The second kappa shape index (κ2) is 6.88.